The van der Waals surface area contributed by atoms with Crippen molar-refractivity contribution in [2.45, 2.75) is 25.2 Å². The van der Waals surface area contributed by atoms with Gasteiger partial charge in [-0.1, -0.05) is 24.7 Å². The number of rotatable bonds is 3. The molecule has 0 aliphatic rings. The third-order valence-corrected chi connectivity index (χ3v) is 3.73. The average Bonchev–Trinajstić information content (AvgIpc) is 1.67. The van der Waals surface area contributed by atoms with Gasteiger partial charge < -0.3 is 4.74 Å². The molecular weight excluding hydrogens is 140 g/mol. The Bertz CT molecular complexity index is 58.4. The highest BCUT2D eigenvalue weighted by Crippen LogP contribution is 2.01. The van der Waals surface area contributed by atoms with Crippen molar-refractivity contribution in [2.75, 3.05) is 6.61 Å². The second-order valence-electron chi connectivity index (χ2n) is 2.05. The quantitative estimate of drug-likeness (QED) is 0.441. The molecule has 0 radical (unpaired) electrons. The van der Waals surface area contributed by atoms with Gasteiger partial charge in [-0.15, -0.1) is 0 Å². The summed E-state index contributed by atoms with van der Waals surface area (Å²) in [5.74, 6) is 0. The molecule has 0 amide bonds. The summed E-state index contributed by atoms with van der Waals surface area (Å²) in [5, 5.41) is 0.0278. The summed E-state index contributed by atoms with van der Waals surface area (Å²) < 4.78 is 5.13. The molecule has 3 heteroatoms. The molecule has 0 aromatic rings. The summed E-state index contributed by atoms with van der Waals surface area (Å²) >= 11 is 5.76. The third kappa shape index (κ3) is 3.47. The Morgan fingerprint density at radius 3 is 2.25 bits per heavy atom. The summed E-state index contributed by atoms with van der Waals surface area (Å²) in [5.41, 5.74) is 0. The second-order valence-corrected chi connectivity index (χ2v) is 6.00. The van der Waals surface area contributed by atoms with Crippen molar-refractivity contribution in [1.29, 1.82) is 0 Å². The zero-order chi connectivity index (χ0) is 6.57. The largest absolute Gasteiger partial charge is 0.367 e. The first-order chi connectivity index (χ1) is 3.68. The van der Waals surface area contributed by atoms with E-state index in [-0.39, 0.29) is 5.19 Å². The van der Waals surface area contributed by atoms with E-state index in [1.54, 1.807) is 0 Å². The fourth-order valence-corrected chi connectivity index (χ4v) is 1.06. The molecule has 0 aromatic carbocycles. The number of hydrogen-bond donors (Lipinski definition) is 0. The molecule has 0 saturated carbocycles. The first-order valence-corrected chi connectivity index (χ1v) is 6.35. The molecule has 0 saturated heterocycles. The van der Waals surface area contributed by atoms with Gasteiger partial charge in [-0.3, -0.25) is 0 Å². The van der Waals surface area contributed by atoms with E-state index in [1.807, 2.05) is 6.92 Å². The molecule has 0 aromatic heterocycles. The average molecular weight is 153 g/mol. The maximum Gasteiger partial charge on any atom is 0.115 e. The van der Waals surface area contributed by atoms with Crippen molar-refractivity contribution in [3.63, 3.8) is 0 Å². The van der Waals surface area contributed by atoms with Crippen molar-refractivity contribution < 1.29 is 4.74 Å². The molecule has 0 bridgehead atoms. The Balaban J connectivity index is 3.17. The van der Waals surface area contributed by atoms with Gasteiger partial charge in [0.05, 0.1) is 8.80 Å². The van der Waals surface area contributed by atoms with Crippen molar-refractivity contribution in [1.82, 2.24) is 0 Å². The minimum atomic E-state index is -0.739. The maximum absolute atomic E-state index is 5.76. The van der Waals surface area contributed by atoms with E-state index < -0.39 is 8.80 Å². The zero-order valence-electron chi connectivity index (χ0n) is 5.65. The lowest BCUT2D eigenvalue weighted by Crippen LogP contribution is -2.21. The maximum atomic E-state index is 5.76. The highest BCUT2D eigenvalue weighted by atomic mass is 35.5. The van der Waals surface area contributed by atoms with E-state index in [0.29, 0.717) is 0 Å². The molecule has 1 atom stereocenters. The lowest BCUT2D eigenvalue weighted by Gasteiger charge is -2.10. The van der Waals surface area contributed by atoms with Gasteiger partial charge in [0.1, 0.15) is 5.19 Å². The molecule has 0 aliphatic carbocycles. The molecule has 1 nitrogen and oxygen atoms in total. The van der Waals surface area contributed by atoms with Gasteiger partial charge >= 0.3 is 0 Å². The predicted molar refractivity (Wildman–Crippen MR) is 40.1 cm³/mol. The SMILES string of the molecule is CCOC(Cl)[SiH](C)C. The number of halogens is 1. The fraction of sp³-hybridized carbons (Fsp3) is 1.00. The van der Waals surface area contributed by atoms with Crippen molar-refractivity contribution in [3.05, 3.63) is 0 Å². The molecule has 0 heterocycles. The molecule has 0 N–H and O–H groups in total. The van der Waals surface area contributed by atoms with Crippen LogP contribution in [0.25, 0.3) is 0 Å². The number of hydrogen-bond acceptors (Lipinski definition) is 1. The molecule has 1 unspecified atom stereocenters. The molecule has 0 spiro atoms. The topological polar surface area (TPSA) is 9.23 Å². The summed E-state index contributed by atoms with van der Waals surface area (Å²) in [4.78, 5) is 0. The monoisotopic (exact) mass is 152 g/mol. The van der Waals surface area contributed by atoms with Crippen LogP contribution in [0.2, 0.25) is 13.1 Å². The van der Waals surface area contributed by atoms with Crippen LogP contribution in [0.3, 0.4) is 0 Å². The van der Waals surface area contributed by atoms with Crippen LogP contribution in [-0.2, 0) is 4.74 Å². The first kappa shape index (κ1) is 8.47. The molecule has 0 rings (SSSR count). The summed E-state index contributed by atoms with van der Waals surface area (Å²) in [6, 6.07) is 0. The van der Waals surface area contributed by atoms with Gasteiger partial charge in [0.2, 0.25) is 0 Å². The predicted octanol–water partition coefficient (Wildman–Crippen LogP) is 1.61. The summed E-state index contributed by atoms with van der Waals surface area (Å²) in [7, 11) is -0.739. The number of ether oxygens (including phenoxy) is 1. The Morgan fingerprint density at radius 2 is 2.12 bits per heavy atom. The molecule has 8 heavy (non-hydrogen) atoms. The molecule has 50 valence electrons. The Kier molecular flexibility index (Phi) is 4.61. The van der Waals surface area contributed by atoms with E-state index in [0.717, 1.165) is 6.61 Å². The second kappa shape index (κ2) is 4.36. The van der Waals surface area contributed by atoms with Crippen LogP contribution in [0.5, 0.6) is 0 Å². The van der Waals surface area contributed by atoms with Gasteiger partial charge in [-0.2, -0.15) is 0 Å². The minimum absolute atomic E-state index is 0.0278. The summed E-state index contributed by atoms with van der Waals surface area (Å²) in [6.07, 6.45) is 0. The highest BCUT2D eigenvalue weighted by molar-refractivity contribution is 6.66. The first-order valence-electron chi connectivity index (χ1n) is 2.94. The fourth-order valence-electron chi connectivity index (χ4n) is 0.352. The van der Waals surface area contributed by atoms with Gasteiger partial charge in [-0.05, 0) is 6.92 Å². The van der Waals surface area contributed by atoms with Crippen LogP contribution >= 0.6 is 11.6 Å². The van der Waals surface area contributed by atoms with E-state index in [2.05, 4.69) is 13.1 Å². The van der Waals surface area contributed by atoms with Gasteiger partial charge in [0.15, 0.2) is 0 Å². The van der Waals surface area contributed by atoms with Gasteiger partial charge in [0, 0.05) is 6.61 Å². The van der Waals surface area contributed by atoms with E-state index in [4.69, 9.17) is 16.3 Å². The van der Waals surface area contributed by atoms with E-state index in [1.165, 1.54) is 0 Å². The van der Waals surface area contributed by atoms with Crippen LogP contribution < -0.4 is 0 Å². The minimum Gasteiger partial charge on any atom is -0.367 e. The zero-order valence-corrected chi connectivity index (χ0v) is 7.56. The normalized spacial score (nSPS) is 14.6. The molecule has 0 fully saturated rings. The summed E-state index contributed by atoms with van der Waals surface area (Å²) in [6.45, 7) is 7.05. The van der Waals surface area contributed by atoms with Crippen molar-refractivity contribution >= 4 is 20.4 Å². The van der Waals surface area contributed by atoms with Gasteiger partial charge in [0.25, 0.3) is 0 Å². The standard InChI is InChI=1S/C5H13ClOSi/c1-4-7-5(6)8(2)3/h5,8H,4H2,1-3H3. The molecular formula is C5H13ClOSi. The Labute approximate surface area is 57.6 Å². The van der Waals surface area contributed by atoms with Crippen LogP contribution in [0.15, 0.2) is 0 Å². The van der Waals surface area contributed by atoms with Crippen LogP contribution in [0.4, 0.5) is 0 Å². The highest BCUT2D eigenvalue weighted by Gasteiger charge is 2.08. The lowest BCUT2D eigenvalue weighted by molar-refractivity contribution is 0.165. The van der Waals surface area contributed by atoms with E-state index >= 15 is 0 Å². The van der Waals surface area contributed by atoms with Crippen LogP contribution in [0, 0.1) is 0 Å². The van der Waals surface area contributed by atoms with Crippen molar-refractivity contribution in [2.24, 2.45) is 0 Å². The smallest absolute Gasteiger partial charge is 0.115 e. The number of alkyl halides is 1. The van der Waals surface area contributed by atoms with Crippen molar-refractivity contribution in [3.8, 4) is 0 Å². The van der Waals surface area contributed by atoms with Crippen LogP contribution in [-0.4, -0.2) is 20.6 Å². The van der Waals surface area contributed by atoms with Gasteiger partial charge in [-0.25, -0.2) is 0 Å². The Hall–Kier alpha value is 0.467. The van der Waals surface area contributed by atoms with E-state index in [9.17, 15) is 0 Å². The molecule has 0 aliphatic heterocycles. The Morgan fingerprint density at radius 1 is 1.62 bits per heavy atom. The third-order valence-electron chi connectivity index (χ3n) is 0.850. The van der Waals surface area contributed by atoms with Crippen LogP contribution in [0.1, 0.15) is 6.92 Å². The lowest BCUT2D eigenvalue weighted by atomic mass is 10.9.